The maximum atomic E-state index is 7.92. The Hall–Kier alpha value is 0.230. The van der Waals surface area contributed by atoms with Crippen molar-refractivity contribution in [3.05, 3.63) is 0 Å². The Morgan fingerprint density at radius 1 is 1.75 bits per heavy atom. The van der Waals surface area contributed by atoms with E-state index >= 15 is 0 Å². The van der Waals surface area contributed by atoms with Crippen LogP contribution in [0.2, 0.25) is 0 Å². The molecule has 0 aromatic rings. The first-order valence-electron chi connectivity index (χ1n) is 2.32. The number of nitrogens with two attached hydrogens (primary N) is 1. The van der Waals surface area contributed by atoms with E-state index in [0.29, 0.717) is 6.54 Å². The van der Waals surface area contributed by atoms with Gasteiger partial charge in [0.15, 0.2) is 0 Å². The Kier molecular flexibility index (Phi) is 14.2. The highest BCUT2D eigenvalue weighted by Crippen LogP contribution is 1.78. The first-order valence-corrected chi connectivity index (χ1v) is 2.83. The van der Waals surface area contributed by atoms with Crippen LogP contribution in [0.3, 0.4) is 0 Å². The SMILES string of the molecule is CC(O)S.NCCO. The van der Waals surface area contributed by atoms with Gasteiger partial charge in [-0.25, -0.2) is 0 Å². The average molecular weight is 139 g/mol. The van der Waals surface area contributed by atoms with E-state index in [4.69, 9.17) is 15.9 Å². The van der Waals surface area contributed by atoms with Gasteiger partial charge < -0.3 is 15.9 Å². The van der Waals surface area contributed by atoms with Crippen LogP contribution in [0.15, 0.2) is 0 Å². The number of aliphatic hydroxyl groups excluding tert-OH is 2. The lowest BCUT2D eigenvalue weighted by molar-refractivity contribution is 0.286. The van der Waals surface area contributed by atoms with Crippen molar-refractivity contribution in [1.29, 1.82) is 0 Å². The van der Waals surface area contributed by atoms with Crippen LogP contribution < -0.4 is 5.73 Å². The van der Waals surface area contributed by atoms with Crippen molar-refractivity contribution in [1.82, 2.24) is 0 Å². The van der Waals surface area contributed by atoms with Gasteiger partial charge in [0.25, 0.3) is 0 Å². The molecule has 52 valence electrons. The first-order chi connectivity index (χ1) is 3.65. The monoisotopic (exact) mass is 139 g/mol. The molecule has 1 atom stereocenters. The molecule has 0 fully saturated rings. The predicted molar refractivity (Wildman–Crippen MR) is 36.8 cm³/mol. The standard InChI is InChI=1S/C2H7NO.C2H6OS/c3-1-2-4;1-2(3)4/h4H,1-3H2;2-4H,1H3. The summed E-state index contributed by atoms with van der Waals surface area (Å²) in [6.45, 7) is 2.06. The topological polar surface area (TPSA) is 66.5 Å². The zero-order chi connectivity index (χ0) is 6.99. The molecule has 0 aliphatic heterocycles. The van der Waals surface area contributed by atoms with Gasteiger partial charge in [-0.1, -0.05) is 0 Å². The normalized spacial score (nSPS) is 11.6. The van der Waals surface area contributed by atoms with Crippen LogP contribution in [-0.2, 0) is 0 Å². The number of rotatable bonds is 1. The summed E-state index contributed by atoms with van der Waals surface area (Å²) >= 11 is 3.52. The third-order valence-corrected chi connectivity index (χ3v) is 0.129. The maximum Gasteiger partial charge on any atom is 0.0936 e. The van der Waals surface area contributed by atoms with Gasteiger partial charge in [-0.15, -0.1) is 12.6 Å². The highest BCUT2D eigenvalue weighted by atomic mass is 32.1. The highest BCUT2D eigenvalue weighted by molar-refractivity contribution is 7.80. The molecule has 0 bridgehead atoms. The Balaban J connectivity index is 0. The molecule has 0 spiro atoms. The zero-order valence-electron chi connectivity index (χ0n) is 4.91. The van der Waals surface area contributed by atoms with E-state index in [1.165, 1.54) is 0 Å². The highest BCUT2D eigenvalue weighted by Gasteiger charge is 1.70. The molecule has 3 nitrogen and oxygen atoms in total. The van der Waals surface area contributed by atoms with E-state index in [0.717, 1.165) is 0 Å². The van der Waals surface area contributed by atoms with Crippen LogP contribution in [-0.4, -0.2) is 28.8 Å². The molecule has 0 saturated carbocycles. The first kappa shape index (κ1) is 11.1. The summed E-state index contributed by atoms with van der Waals surface area (Å²) in [4.78, 5) is 0. The van der Waals surface area contributed by atoms with Crippen molar-refractivity contribution in [3.8, 4) is 0 Å². The summed E-state index contributed by atoms with van der Waals surface area (Å²) in [5.41, 5.74) is 4.31. The zero-order valence-corrected chi connectivity index (χ0v) is 5.80. The Morgan fingerprint density at radius 2 is 1.88 bits per heavy atom. The van der Waals surface area contributed by atoms with Crippen LogP contribution in [0.5, 0.6) is 0 Å². The molecule has 1 unspecified atom stereocenters. The summed E-state index contributed by atoms with van der Waals surface area (Å²) in [6.07, 6.45) is 0. The quantitative estimate of drug-likeness (QED) is 0.284. The number of hydrogen-bond acceptors (Lipinski definition) is 4. The van der Waals surface area contributed by atoms with Crippen molar-refractivity contribution in [2.75, 3.05) is 13.2 Å². The van der Waals surface area contributed by atoms with E-state index in [1.54, 1.807) is 6.92 Å². The van der Waals surface area contributed by atoms with E-state index in [1.807, 2.05) is 0 Å². The lowest BCUT2D eigenvalue weighted by Gasteiger charge is -1.79. The molecule has 4 heteroatoms. The van der Waals surface area contributed by atoms with Gasteiger partial charge in [0, 0.05) is 6.54 Å². The fourth-order valence-electron chi connectivity index (χ4n) is 0. The molecular formula is C4H13NO2S. The molecule has 0 aromatic carbocycles. The summed E-state index contributed by atoms with van der Waals surface area (Å²) in [5.74, 6) is 0. The van der Waals surface area contributed by atoms with Gasteiger partial charge in [-0.3, -0.25) is 0 Å². The lowest BCUT2D eigenvalue weighted by Crippen LogP contribution is -2.02. The predicted octanol–water partition coefficient (Wildman–Crippen LogP) is -0.808. The molecule has 8 heavy (non-hydrogen) atoms. The van der Waals surface area contributed by atoms with Crippen molar-refractivity contribution < 1.29 is 10.2 Å². The van der Waals surface area contributed by atoms with Crippen molar-refractivity contribution >= 4 is 12.6 Å². The largest absolute Gasteiger partial charge is 0.395 e. The average Bonchev–Trinajstić information content (AvgIpc) is 1.65. The van der Waals surface area contributed by atoms with Gasteiger partial charge >= 0.3 is 0 Å². The Morgan fingerprint density at radius 3 is 1.88 bits per heavy atom. The smallest absolute Gasteiger partial charge is 0.0936 e. The van der Waals surface area contributed by atoms with Gasteiger partial charge in [0.05, 0.1) is 12.0 Å². The number of aliphatic hydroxyl groups is 2. The van der Waals surface area contributed by atoms with E-state index in [9.17, 15) is 0 Å². The second kappa shape index (κ2) is 10.3. The van der Waals surface area contributed by atoms with E-state index in [-0.39, 0.29) is 6.61 Å². The van der Waals surface area contributed by atoms with Crippen LogP contribution in [0.4, 0.5) is 0 Å². The van der Waals surface area contributed by atoms with Crippen LogP contribution in [0.25, 0.3) is 0 Å². The molecule has 0 saturated heterocycles. The lowest BCUT2D eigenvalue weighted by atomic mass is 10.8. The van der Waals surface area contributed by atoms with Gasteiger partial charge in [-0.05, 0) is 6.92 Å². The molecule has 0 aliphatic rings. The number of thiol groups is 1. The van der Waals surface area contributed by atoms with E-state index in [2.05, 4.69) is 12.6 Å². The fraction of sp³-hybridized carbons (Fsp3) is 1.00. The van der Waals surface area contributed by atoms with Crippen LogP contribution in [0.1, 0.15) is 6.92 Å². The molecule has 0 rings (SSSR count). The minimum Gasteiger partial charge on any atom is -0.395 e. The van der Waals surface area contributed by atoms with Crippen molar-refractivity contribution in [3.63, 3.8) is 0 Å². The summed E-state index contributed by atoms with van der Waals surface area (Å²) < 4.78 is 0. The van der Waals surface area contributed by atoms with Gasteiger partial charge in [-0.2, -0.15) is 0 Å². The van der Waals surface area contributed by atoms with Crippen LogP contribution in [0, 0.1) is 0 Å². The number of hydrogen-bond donors (Lipinski definition) is 4. The third-order valence-electron chi connectivity index (χ3n) is 0.129. The molecule has 0 aromatic heterocycles. The third kappa shape index (κ3) is 113. The van der Waals surface area contributed by atoms with Crippen molar-refractivity contribution in [2.24, 2.45) is 5.73 Å². The summed E-state index contributed by atoms with van der Waals surface area (Å²) in [6, 6.07) is 0. The Bertz CT molecular complexity index is 30.5. The molecule has 0 heterocycles. The molecule has 0 amide bonds. The fourth-order valence-corrected chi connectivity index (χ4v) is 0. The molecule has 4 N–H and O–H groups in total. The Labute approximate surface area is 54.9 Å². The maximum absolute atomic E-state index is 7.92. The molecule has 0 radical (unpaired) electrons. The summed E-state index contributed by atoms with van der Waals surface area (Å²) in [5, 5.41) is 15.7. The second-order valence-corrected chi connectivity index (χ2v) is 1.89. The minimum absolute atomic E-state index is 0.0972. The van der Waals surface area contributed by atoms with E-state index < -0.39 is 5.44 Å². The summed E-state index contributed by atoms with van der Waals surface area (Å²) in [7, 11) is 0. The van der Waals surface area contributed by atoms with Crippen LogP contribution >= 0.6 is 12.6 Å². The molecular weight excluding hydrogens is 126 g/mol. The minimum atomic E-state index is -0.472. The second-order valence-electron chi connectivity index (χ2n) is 1.14. The van der Waals surface area contributed by atoms with Gasteiger partial charge in [0.1, 0.15) is 0 Å². The van der Waals surface area contributed by atoms with Crippen molar-refractivity contribution in [2.45, 2.75) is 12.4 Å². The van der Waals surface area contributed by atoms with Gasteiger partial charge in [0.2, 0.25) is 0 Å². The molecule has 0 aliphatic carbocycles.